The fourth-order valence-electron chi connectivity index (χ4n) is 0.922. The number of halogens is 2. The molecule has 1 rings (SSSR count). The maximum Gasteiger partial charge on any atom is 0.0130 e. The summed E-state index contributed by atoms with van der Waals surface area (Å²) in [6.07, 6.45) is 2.51. The first-order valence-corrected chi connectivity index (χ1v) is 6.24. The van der Waals surface area contributed by atoms with Crippen LogP contribution in [0, 0.1) is 3.57 Å². The van der Waals surface area contributed by atoms with Gasteiger partial charge in [-0.1, -0.05) is 34.7 Å². The third-order valence-corrected chi connectivity index (χ3v) is 2.99. The lowest BCUT2D eigenvalue weighted by Gasteiger charge is -1.97. The summed E-state index contributed by atoms with van der Waals surface area (Å²) in [5.74, 6) is 0. The van der Waals surface area contributed by atoms with E-state index in [1.54, 1.807) is 0 Å². The molecule has 0 saturated carbocycles. The summed E-state index contributed by atoms with van der Waals surface area (Å²) in [6, 6.07) is 8.77. The van der Waals surface area contributed by atoms with E-state index in [2.05, 4.69) is 69.4 Å². The Morgan fingerprint density at radius 2 is 1.73 bits per heavy atom. The van der Waals surface area contributed by atoms with Crippen molar-refractivity contribution in [3.63, 3.8) is 0 Å². The van der Waals surface area contributed by atoms with Crippen molar-refractivity contribution in [2.75, 3.05) is 4.43 Å². The Morgan fingerprint density at radius 3 is 2.27 bits per heavy atom. The zero-order chi connectivity index (χ0) is 8.10. The van der Waals surface area contributed by atoms with Crippen LogP contribution in [0.15, 0.2) is 24.3 Å². The summed E-state index contributed by atoms with van der Waals surface area (Å²) in [7, 11) is 0. The molecule has 0 atom stereocenters. The van der Waals surface area contributed by atoms with Crippen LogP contribution in [-0.4, -0.2) is 4.43 Å². The van der Waals surface area contributed by atoms with Crippen molar-refractivity contribution in [3.05, 3.63) is 33.4 Å². The quantitative estimate of drug-likeness (QED) is 0.562. The molecule has 11 heavy (non-hydrogen) atoms. The monoisotopic (exact) mass is 372 g/mol. The number of hydrogen-bond acceptors (Lipinski definition) is 0. The lowest BCUT2D eigenvalue weighted by Crippen LogP contribution is -1.85. The van der Waals surface area contributed by atoms with Gasteiger partial charge in [0.05, 0.1) is 0 Å². The van der Waals surface area contributed by atoms with Crippen LogP contribution in [0.25, 0.3) is 0 Å². The van der Waals surface area contributed by atoms with E-state index in [0.717, 1.165) is 0 Å². The molecular formula is C9H10I2. The van der Waals surface area contributed by atoms with Gasteiger partial charge < -0.3 is 0 Å². The van der Waals surface area contributed by atoms with Gasteiger partial charge in [-0.05, 0) is 57.6 Å². The Morgan fingerprint density at radius 1 is 1.09 bits per heavy atom. The zero-order valence-electron chi connectivity index (χ0n) is 6.19. The lowest BCUT2D eigenvalue weighted by atomic mass is 10.1. The molecule has 0 radical (unpaired) electrons. The van der Waals surface area contributed by atoms with Crippen LogP contribution in [0.3, 0.4) is 0 Å². The minimum Gasteiger partial charge on any atom is -0.0864 e. The maximum absolute atomic E-state index is 2.42. The van der Waals surface area contributed by atoms with Crippen LogP contribution in [0.1, 0.15) is 12.0 Å². The average Bonchev–Trinajstić information content (AvgIpc) is 2.04. The summed E-state index contributed by atoms with van der Waals surface area (Å²) in [6.45, 7) is 0. The highest BCUT2D eigenvalue weighted by Crippen LogP contribution is 2.08. The molecule has 60 valence electrons. The van der Waals surface area contributed by atoms with E-state index in [1.165, 1.54) is 26.4 Å². The summed E-state index contributed by atoms with van der Waals surface area (Å²) in [5.41, 5.74) is 1.46. The summed E-state index contributed by atoms with van der Waals surface area (Å²) in [4.78, 5) is 0. The minimum absolute atomic E-state index is 1.22. The van der Waals surface area contributed by atoms with E-state index in [4.69, 9.17) is 0 Å². The second-order valence-electron chi connectivity index (χ2n) is 2.42. The van der Waals surface area contributed by atoms with Gasteiger partial charge in [-0.3, -0.25) is 0 Å². The van der Waals surface area contributed by atoms with Crippen LogP contribution in [0.2, 0.25) is 0 Å². The third-order valence-electron chi connectivity index (χ3n) is 1.51. The molecule has 0 aliphatic heterocycles. The third kappa shape index (κ3) is 3.73. The molecule has 0 unspecified atom stereocenters. The van der Waals surface area contributed by atoms with Crippen molar-refractivity contribution >= 4 is 45.2 Å². The summed E-state index contributed by atoms with van der Waals surface area (Å²) >= 11 is 4.75. The normalized spacial score (nSPS) is 10.0. The van der Waals surface area contributed by atoms with Crippen molar-refractivity contribution in [2.45, 2.75) is 12.8 Å². The largest absolute Gasteiger partial charge is 0.0864 e. The SMILES string of the molecule is ICCCc1ccc(I)cc1. The maximum atomic E-state index is 2.42. The fraction of sp³-hybridized carbons (Fsp3) is 0.333. The number of alkyl halides is 1. The molecule has 0 saturated heterocycles. The van der Waals surface area contributed by atoms with Crippen molar-refractivity contribution in [1.82, 2.24) is 0 Å². The second kappa shape index (κ2) is 5.35. The van der Waals surface area contributed by atoms with Gasteiger partial charge in [-0.15, -0.1) is 0 Å². The molecule has 0 aliphatic carbocycles. The minimum atomic E-state index is 1.22. The second-order valence-corrected chi connectivity index (χ2v) is 4.74. The van der Waals surface area contributed by atoms with Crippen molar-refractivity contribution in [2.24, 2.45) is 0 Å². The molecule has 1 aromatic rings. The predicted molar refractivity (Wildman–Crippen MR) is 66.4 cm³/mol. The van der Waals surface area contributed by atoms with Gasteiger partial charge in [-0.2, -0.15) is 0 Å². The Kier molecular flexibility index (Phi) is 4.75. The van der Waals surface area contributed by atoms with Gasteiger partial charge in [0.2, 0.25) is 0 Å². The highest BCUT2D eigenvalue weighted by atomic mass is 127. The zero-order valence-corrected chi connectivity index (χ0v) is 10.5. The molecular weight excluding hydrogens is 362 g/mol. The molecule has 1 aromatic carbocycles. The first kappa shape index (κ1) is 9.77. The molecule has 0 aliphatic rings. The first-order valence-electron chi connectivity index (χ1n) is 3.63. The van der Waals surface area contributed by atoms with Crippen LogP contribution in [-0.2, 0) is 6.42 Å². The topological polar surface area (TPSA) is 0 Å². The number of benzene rings is 1. The van der Waals surface area contributed by atoms with Gasteiger partial charge in [0.15, 0.2) is 0 Å². The fourth-order valence-corrected chi connectivity index (χ4v) is 1.66. The van der Waals surface area contributed by atoms with Crippen molar-refractivity contribution in [3.8, 4) is 0 Å². The summed E-state index contributed by atoms with van der Waals surface area (Å²) < 4.78 is 2.57. The van der Waals surface area contributed by atoms with Gasteiger partial charge in [0, 0.05) is 3.57 Å². The first-order chi connectivity index (χ1) is 5.33. The molecule has 0 bridgehead atoms. The van der Waals surface area contributed by atoms with E-state index in [-0.39, 0.29) is 0 Å². The molecule has 0 nitrogen and oxygen atoms in total. The molecule has 2 heteroatoms. The Hall–Kier alpha value is 0.680. The number of hydrogen-bond donors (Lipinski definition) is 0. The molecule has 0 spiro atoms. The Balaban J connectivity index is 2.52. The van der Waals surface area contributed by atoms with Crippen molar-refractivity contribution in [1.29, 1.82) is 0 Å². The van der Waals surface area contributed by atoms with Crippen LogP contribution < -0.4 is 0 Å². The van der Waals surface area contributed by atoms with E-state index >= 15 is 0 Å². The Bertz CT molecular complexity index is 203. The van der Waals surface area contributed by atoms with Crippen LogP contribution in [0.5, 0.6) is 0 Å². The predicted octanol–water partition coefficient (Wildman–Crippen LogP) is 3.66. The highest BCUT2D eigenvalue weighted by molar-refractivity contribution is 14.1. The van der Waals surface area contributed by atoms with Gasteiger partial charge in [0.1, 0.15) is 0 Å². The number of rotatable bonds is 3. The standard InChI is InChI=1S/C9H10I2/c10-7-1-2-8-3-5-9(11)6-4-8/h3-6H,1-2,7H2. The Labute approximate surface area is 95.0 Å². The molecule has 0 heterocycles. The van der Waals surface area contributed by atoms with E-state index < -0.39 is 0 Å². The van der Waals surface area contributed by atoms with Crippen LogP contribution in [0.4, 0.5) is 0 Å². The van der Waals surface area contributed by atoms with Gasteiger partial charge >= 0.3 is 0 Å². The van der Waals surface area contributed by atoms with Crippen LogP contribution >= 0.6 is 45.2 Å². The molecule has 0 aromatic heterocycles. The molecule has 0 fully saturated rings. The van der Waals surface area contributed by atoms with E-state index in [0.29, 0.717) is 0 Å². The van der Waals surface area contributed by atoms with E-state index in [9.17, 15) is 0 Å². The lowest BCUT2D eigenvalue weighted by molar-refractivity contribution is 0.945. The number of aryl methyl sites for hydroxylation is 1. The van der Waals surface area contributed by atoms with Gasteiger partial charge in [0.25, 0.3) is 0 Å². The molecule has 0 N–H and O–H groups in total. The average molecular weight is 372 g/mol. The summed E-state index contributed by atoms with van der Waals surface area (Å²) in [5, 5.41) is 0. The van der Waals surface area contributed by atoms with Gasteiger partial charge in [-0.25, -0.2) is 0 Å². The van der Waals surface area contributed by atoms with E-state index in [1.807, 2.05) is 0 Å². The smallest absolute Gasteiger partial charge is 0.0130 e. The van der Waals surface area contributed by atoms with Crippen molar-refractivity contribution < 1.29 is 0 Å². The molecule has 0 amide bonds. The highest BCUT2D eigenvalue weighted by Gasteiger charge is 1.91.